The van der Waals surface area contributed by atoms with Gasteiger partial charge in [-0.3, -0.25) is 0 Å². The molecule has 0 aliphatic carbocycles. The zero-order chi connectivity index (χ0) is 9.42. The molecule has 68 valence electrons. The number of hydrogen-bond acceptors (Lipinski definition) is 1. The van der Waals surface area contributed by atoms with Crippen LogP contribution < -0.4 is 0 Å². The first kappa shape index (κ1) is 9.16. The van der Waals surface area contributed by atoms with Crippen molar-refractivity contribution >= 4 is 37.4 Å². The van der Waals surface area contributed by atoms with Crippen molar-refractivity contribution in [2.75, 3.05) is 0 Å². The van der Waals surface area contributed by atoms with Gasteiger partial charge in [0.05, 0.1) is 0 Å². The third-order valence-corrected chi connectivity index (χ3v) is 3.75. The molecule has 0 radical (unpaired) electrons. The number of rotatable bonds is 1. The lowest BCUT2D eigenvalue weighted by Crippen LogP contribution is -1.79. The zero-order valence-corrected chi connectivity index (χ0v) is 9.51. The molecule has 13 heavy (non-hydrogen) atoms. The third-order valence-electron chi connectivity index (χ3n) is 2.08. The van der Waals surface area contributed by atoms with Gasteiger partial charge in [-0.15, -0.1) is 11.3 Å². The molecule has 0 unspecified atom stereocenters. The number of benzene rings is 1. The van der Waals surface area contributed by atoms with Crippen molar-refractivity contribution in [2.24, 2.45) is 0 Å². The molecule has 2 rings (SSSR count). The van der Waals surface area contributed by atoms with E-state index in [9.17, 15) is 4.39 Å². The highest BCUT2D eigenvalue weighted by atomic mass is 79.9. The van der Waals surface area contributed by atoms with Gasteiger partial charge in [0.15, 0.2) is 5.13 Å². The van der Waals surface area contributed by atoms with Crippen LogP contribution in [0.5, 0.6) is 0 Å². The van der Waals surface area contributed by atoms with E-state index in [1.165, 1.54) is 11.3 Å². The van der Waals surface area contributed by atoms with Crippen LogP contribution in [0.25, 0.3) is 10.1 Å². The maximum atomic E-state index is 13.0. The van der Waals surface area contributed by atoms with Gasteiger partial charge in [0.2, 0.25) is 0 Å². The summed E-state index contributed by atoms with van der Waals surface area (Å²) in [7, 11) is 0. The van der Waals surface area contributed by atoms with E-state index in [1.54, 1.807) is 6.07 Å². The molecule has 3 heteroatoms. The SMILES string of the molecule is Cc1ccc(CBr)c2cc(F)sc12. The highest BCUT2D eigenvalue weighted by molar-refractivity contribution is 9.08. The Morgan fingerprint density at radius 3 is 2.92 bits per heavy atom. The average molecular weight is 259 g/mol. The standard InChI is InChI=1S/C10H8BrFS/c1-6-2-3-7(5-11)8-4-9(12)13-10(6)8/h2-4H,5H2,1H3. The summed E-state index contributed by atoms with van der Waals surface area (Å²) in [5.41, 5.74) is 2.30. The lowest BCUT2D eigenvalue weighted by Gasteiger charge is -2.00. The number of thiophene rings is 1. The summed E-state index contributed by atoms with van der Waals surface area (Å²) in [6.07, 6.45) is 0. The molecule has 1 aromatic heterocycles. The fourth-order valence-corrected chi connectivity index (χ4v) is 2.79. The normalized spacial score (nSPS) is 11.0. The van der Waals surface area contributed by atoms with Crippen LogP contribution in [0.1, 0.15) is 11.1 Å². The van der Waals surface area contributed by atoms with Crippen molar-refractivity contribution in [3.8, 4) is 0 Å². The number of hydrogen-bond donors (Lipinski definition) is 0. The first-order valence-corrected chi connectivity index (χ1v) is 5.89. The van der Waals surface area contributed by atoms with Crippen LogP contribution in [0.2, 0.25) is 0 Å². The Labute approximate surface area is 88.5 Å². The number of alkyl halides is 1. The molecule has 0 saturated heterocycles. The van der Waals surface area contributed by atoms with Crippen LogP contribution in [0, 0.1) is 12.1 Å². The molecule has 0 N–H and O–H groups in total. The van der Waals surface area contributed by atoms with Gasteiger partial charge < -0.3 is 0 Å². The number of fused-ring (bicyclic) bond motifs is 1. The first-order chi connectivity index (χ1) is 6.22. The van der Waals surface area contributed by atoms with E-state index in [-0.39, 0.29) is 5.13 Å². The smallest absolute Gasteiger partial charge is 0.177 e. The molecule has 0 bridgehead atoms. The number of aryl methyl sites for hydroxylation is 1. The first-order valence-electron chi connectivity index (χ1n) is 3.96. The van der Waals surface area contributed by atoms with Crippen LogP contribution >= 0.6 is 27.3 Å². The highest BCUT2D eigenvalue weighted by Gasteiger charge is 2.07. The van der Waals surface area contributed by atoms with Gasteiger partial charge in [-0.25, -0.2) is 0 Å². The molecule has 0 amide bonds. The van der Waals surface area contributed by atoms with Gasteiger partial charge in [0.1, 0.15) is 0 Å². The molecular formula is C10H8BrFS. The second-order valence-corrected chi connectivity index (χ2v) is 4.53. The quantitative estimate of drug-likeness (QED) is 0.672. The zero-order valence-electron chi connectivity index (χ0n) is 7.10. The average Bonchev–Trinajstić information content (AvgIpc) is 2.48. The Morgan fingerprint density at radius 2 is 2.23 bits per heavy atom. The van der Waals surface area contributed by atoms with Crippen LogP contribution in [-0.4, -0.2) is 0 Å². The van der Waals surface area contributed by atoms with Gasteiger partial charge in [0.25, 0.3) is 0 Å². The molecule has 1 heterocycles. The van der Waals surface area contributed by atoms with Gasteiger partial charge in [0, 0.05) is 10.0 Å². The molecule has 0 atom stereocenters. The highest BCUT2D eigenvalue weighted by Crippen LogP contribution is 2.31. The fraction of sp³-hybridized carbons (Fsp3) is 0.200. The number of halogens is 2. The van der Waals surface area contributed by atoms with Crippen molar-refractivity contribution < 1.29 is 4.39 Å². The maximum Gasteiger partial charge on any atom is 0.177 e. The summed E-state index contributed by atoms with van der Waals surface area (Å²) in [6, 6.07) is 5.69. The molecule has 1 aromatic carbocycles. The van der Waals surface area contributed by atoms with Crippen LogP contribution in [0.4, 0.5) is 4.39 Å². The van der Waals surface area contributed by atoms with E-state index in [0.717, 1.165) is 26.5 Å². The van der Waals surface area contributed by atoms with Crippen molar-refractivity contribution in [2.45, 2.75) is 12.3 Å². The second kappa shape index (κ2) is 3.39. The predicted octanol–water partition coefficient (Wildman–Crippen LogP) is 4.24. The van der Waals surface area contributed by atoms with E-state index in [1.807, 2.05) is 19.1 Å². The largest absolute Gasteiger partial charge is 0.195 e. The van der Waals surface area contributed by atoms with E-state index in [0.29, 0.717) is 0 Å². The minimum atomic E-state index is -0.105. The van der Waals surface area contributed by atoms with Crippen molar-refractivity contribution in [1.82, 2.24) is 0 Å². The summed E-state index contributed by atoms with van der Waals surface area (Å²) < 4.78 is 14.1. The summed E-state index contributed by atoms with van der Waals surface area (Å²) >= 11 is 4.62. The lowest BCUT2D eigenvalue weighted by molar-refractivity contribution is 0.658. The van der Waals surface area contributed by atoms with E-state index in [2.05, 4.69) is 15.9 Å². The van der Waals surface area contributed by atoms with E-state index in [4.69, 9.17) is 0 Å². The predicted molar refractivity (Wildman–Crippen MR) is 59.2 cm³/mol. The molecule has 2 aromatic rings. The molecule has 0 aliphatic heterocycles. The monoisotopic (exact) mass is 258 g/mol. The van der Waals surface area contributed by atoms with Gasteiger partial charge in [-0.05, 0) is 29.5 Å². The summed E-state index contributed by atoms with van der Waals surface area (Å²) in [5, 5.41) is 1.71. The Kier molecular flexibility index (Phi) is 2.39. The van der Waals surface area contributed by atoms with Crippen LogP contribution in [0.3, 0.4) is 0 Å². The maximum absolute atomic E-state index is 13.0. The molecular weight excluding hydrogens is 251 g/mol. The summed E-state index contributed by atoms with van der Waals surface area (Å²) in [4.78, 5) is 0. The van der Waals surface area contributed by atoms with E-state index >= 15 is 0 Å². The van der Waals surface area contributed by atoms with Crippen LogP contribution in [-0.2, 0) is 5.33 Å². The second-order valence-electron chi connectivity index (χ2n) is 2.97. The third kappa shape index (κ3) is 1.51. The fourth-order valence-electron chi connectivity index (χ4n) is 1.40. The minimum Gasteiger partial charge on any atom is -0.195 e. The Bertz CT molecular complexity index is 447. The Balaban J connectivity index is 2.83. The van der Waals surface area contributed by atoms with Crippen molar-refractivity contribution in [1.29, 1.82) is 0 Å². The topological polar surface area (TPSA) is 0 Å². The van der Waals surface area contributed by atoms with Crippen molar-refractivity contribution in [3.63, 3.8) is 0 Å². The van der Waals surface area contributed by atoms with E-state index < -0.39 is 0 Å². The molecule has 0 nitrogen and oxygen atoms in total. The van der Waals surface area contributed by atoms with Crippen molar-refractivity contribution in [3.05, 3.63) is 34.5 Å². The summed E-state index contributed by atoms with van der Waals surface area (Å²) in [5.74, 6) is 0. The summed E-state index contributed by atoms with van der Waals surface area (Å²) in [6.45, 7) is 2.01. The Hall–Kier alpha value is -0.410. The Morgan fingerprint density at radius 1 is 1.46 bits per heavy atom. The molecule has 0 fully saturated rings. The lowest BCUT2D eigenvalue weighted by atomic mass is 10.1. The van der Waals surface area contributed by atoms with Gasteiger partial charge in [-0.1, -0.05) is 28.1 Å². The molecule has 0 saturated carbocycles. The molecule has 0 spiro atoms. The van der Waals surface area contributed by atoms with Gasteiger partial charge in [-0.2, -0.15) is 4.39 Å². The van der Waals surface area contributed by atoms with Crippen LogP contribution in [0.15, 0.2) is 18.2 Å². The minimum absolute atomic E-state index is 0.105. The molecule has 0 aliphatic rings. The van der Waals surface area contributed by atoms with Gasteiger partial charge >= 0.3 is 0 Å².